The summed E-state index contributed by atoms with van der Waals surface area (Å²) in [5.41, 5.74) is 3.25. The van der Waals surface area contributed by atoms with Gasteiger partial charge in [-0.15, -0.1) is 0 Å². The topological polar surface area (TPSA) is 92.8 Å². The molecule has 2 N–H and O–H groups in total. The quantitative estimate of drug-likeness (QED) is 0.596. The van der Waals surface area contributed by atoms with Crippen LogP contribution < -0.4 is 10.0 Å². The molecule has 0 spiro atoms. The number of aliphatic imine (C=N–C) groups is 1. The number of nitrogens with zero attached hydrogens (tertiary/aromatic N) is 2. The second kappa shape index (κ2) is 8.50. The van der Waals surface area contributed by atoms with Crippen molar-refractivity contribution >= 4 is 50.3 Å². The van der Waals surface area contributed by atoms with Gasteiger partial charge >= 0.3 is 0 Å². The van der Waals surface area contributed by atoms with Crippen LogP contribution >= 0.6 is 11.8 Å². The molecule has 3 aromatic rings. The van der Waals surface area contributed by atoms with Gasteiger partial charge in [0.15, 0.2) is 5.17 Å². The van der Waals surface area contributed by atoms with Gasteiger partial charge in [-0.25, -0.2) is 18.5 Å². The number of benzene rings is 3. The largest absolute Gasteiger partial charge is 0.271 e. The molecule has 1 heterocycles. The number of rotatable bonds is 4. The van der Waals surface area contributed by atoms with Gasteiger partial charge in [-0.2, -0.15) is 0 Å². The predicted molar refractivity (Wildman–Crippen MR) is 126 cm³/mol. The summed E-state index contributed by atoms with van der Waals surface area (Å²) in [6.07, 6.45) is 1.87. The third-order valence-corrected chi connectivity index (χ3v) is 6.58. The Bertz CT molecular complexity index is 1300. The molecule has 1 fully saturated rings. The molecule has 0 saturated carbocycles. The fourth-order valence-corrected chi connectivity index (χ4v) is 4.57. The minimum atomic E-state index is -3.78. The highest BCUT2D eigenvalue weighted by Crippen LogP contribution is 2.37. The van der Waals surface area contributed by atoms with Crippen molar-refractivity contribution in [2.75, 3.05) is 4.90 Å². The Kier molecular flexibility index (Phi) is 5.77. The van der Waals surface area contributed by atoms with Crippen LogP contribution in [0, 0.1) is 6.92 Å². The smallest absolute Gasteiger partial charge is 0.268 e. The summed E-state index contributed by atoms with van der Waals surface area (Å²) >= 11 is 1.27. The molecule has 1 amide bonds. The predicted octanol–water partition coefficient (Wildman–Crippen LogP) is 4.45. The van der Waals surface area contributed by atoms with Crippen molar-refractivity contribution in [1.29, 1.82) is 0 Å². The van der Waals surface area contributed by atoms with Crippen molar-refractivity contribution in [2.45, 2.75) is 11.8 Å². The zero-order valence-corrected chi connectivity index (χ0v) is 18.2. The second-order valence-corrected chi connectivity index (χ2v) is 9.45. The molecule has 0 radical (unpaired) electrons. The second-order valence-electron chi connectivity index (χ2n) is 6.88. The maximum atomic E-state index is 13.3. The van der Waals surface area contributed by atoms with Gasteiger partial charge in [0.05, 0.1) is 21.2 Å². The Morgan fingerprint density at radius 3 is 2.23 bits per heavy atom. The summed E-state index contributed by atoms with van der Waals surface area (Å²) < 4.78 is 23.0. The van der Waals surface area contributed by atoms with E-state index in [1.54, 1.807) is 17.0 Å². The van der Waals surface area contributed by atoms with Crippen molar-refractivity contribution in [3.05, 3.63) is 94.9 Å². The first-order chi connectivity index (χ1) is 14.8. The van der Waals surface area contributed by atoms with Gasteiger partial charge in [-0.1, -0.05) is 42.5 Å². The van der Waals surface area contributed by atoms with Gasteiger partial charge in [0, 0.05) is 0 Å². The summed E-state index contributed by atoms with van der Waals surface area (Å²) in [6.45, 7) is 1.99. The number of amides is 1. The molecule has 8 heteroatoms. The molecule has 1 aliphatic rings. The zero-order chi connectivity index (χ0) is 22.0. The van der Waals surface area contributed by atoms with E-state index in [1.165, 1.54) is 23.9 Å². The molecule has 0 aliphatic carbocycles. The van der Waals surface area contributed by atoms with Crippen LogP contribution in [0.5, 0.6) is 0 Å². The first-order valence-electron chi connectivity index (χ1n) is 9.39. The van der Waals surface area contributed by atoms with Crippen LogP contribution in [0.25, 0.3) is 6.08 Å². The highest BCUT2D eigenvalue weighted by atomic mass is 32.2. The highest BCUT2D eigenvalue weighted by molar-refractivity contribution is 8.19. The number of aryl methyl sites for hydroxylation is 1. The minimum absolute atomic E-state index is 0.00616. The Morgan fingerprint density at radius 1 is 0.935 bits per heavy atom. The van der Waals surface area contributed by atoms with E-state index in [-0.39, 0.29) is 10.8 Å². The van der Waals surface area contributed by atoms with Crippen LogP contribution in [0.2, 0.25) is 0 Å². The van der Waals surface area contributed by atoms with Crippen molar-refractivity contribution in [3.63, 3.8) is 0 Å². The van der Waals surface area contributed by atoms with E-state index < -0.39 is 10.0 Å². The summed E-state index contributed by atoms with van der Waals surface area (Å²) in [4.78, 5) is 20.0. The van der Waals surface area contributed by atoms with Crippen LogP contribution in [0.15, 0.2) is 93.7 Å². The summed E-state index contributed by atoms with van der Waals surface area (Å²) in [6, 6.07) is 23.0. The van der Waals surface area contributed by atoms with Crippen LogP contribution in [0.4, 0.5) is 11.4 Å². The molecule has 156 valence electrons. The van der Waals surface area contributed by atoms with E-state index in [0.29, 0.717) is 21.4 Å². The van der Waals surface area contributed by atoms with Crippen LogP contribution in [0.1, 0.15) is 11.1 Å². The van der Waals surface area contributed by atoms with Crippen molar-refractivity contribution in [1.82, 2.24) is 0 Å². The molecule has 0 bridgehead atoms. The Hall–Kier alpha value is -3.20. The zero-order valence-electron chi connectivity index (χ0n) is 16.6. The maximum absolute atomic E-state index is 13.3. The number of hydrogen-bond acceptors (Lipinski definition) is 5. The molecular weight excluding hydrogens is 430 g/mol. The number of hydrogen-bond donors (Lipinski definition) is 1. The van der Waals surface area contributed by atoms with Gasteiger partial charge in [0.25, 0.3) is 5.91 Å². The molecule has 0 unspecified atom stereocenters. The number of amidine groups is 1. The van der Waals surface area contributed by atoms with Gasteiger partial charge in [0.2, 0.25) is 10.0 Å². The number of para-hydroxylation sites is 1. The molecule has 0 aromatic heterocycles. The first-order valence-corrected chi connectivity index (χ1v) is 11.8. The van der Waals surface area contributed by atoms with E-state index in [0.717, 1.165) is 11.1 Å². The lowest BCUT2D eigenvalue weighted by Crippen LogP contribution is -2.28. The number of nitrogens with two attached hydrogens (primary N) is 1. The minimum Gasteiger partial charge on any atom is -0.268 e. The number of primary sulfonamides is 1. The lowest BCUT2D eigenvalue weighted by atomic mass is 10.1. The summed E-state index contributed by atoms with van der Waals surface area (Å²) in [7, 11) is -3.78. The molecular formula is C23H19N3O3S2. The summed E-state index contributed by atoms with van der Waals surface area (Å²) in [5, 5.41) is 5.65. The van der Waals surface area contributed by atoms with Crippen molar-refractivity contribution in [3.8, 4) is 0 Å². The first kappa shape index (κ1) is 21.0. The fraction of sp³-hybridized carbons (Fsp3) is 0.0435. The van der Waals surface area contributed by atoms with E-state index >= 15 is 0 Å². The Labute approximate surface area is 185 Å². The lowest BCUT2D eigenvalue weighted by molar-refractivity contribution is -0.113. The highest BCUT2D eigenvalue weighted by Gasteiger charge is 2.34. The van der Waals surface area contributed by atoms with Crippen molar-refractivity contribution < 1.29 is 13.2 Å². The molecule has 4 rings (SSSR count). The average molecular weight is 450 g/mol. The molecule has 1 saturated heterocycles. The third kappa shape index (κ3) is 4.61. The van der Waals surface area contributed by atoms with Crippen LogP contribution in [-0.2, 0) is 14.8 Å². The fourth-order valence-electron chi connectivity index (χ4n) is 3.06. The van der Waals surface area contributed by atoms with E-state index in [1.807, 2.05) is 67.6 Å². The number of thioether (sulfide) groups is 1. The molecule has 3 aromatic carbocycles. The van der Waals surface area contributed by atoms with Gasteiger partial charge in [-0.05, 0) is 72.3 Å². The van der Waals surface area contributed by atoms with Gasteiger partial charge in [0.1, 0.15) is 0 Å². The van der Waals surface area contributed by atoms with Crippen molar-refractivity contribution in [2.24, 2.45) is 10.1 Å². The number of carbonyl (C=O) groups excluding carboxylic acids is 1. The molecule has 0 atom stereocenters. The SMILES string of the molecule is Cc1ccccc1/C=C1\SC(=Nc2ccc(S(N)(=O)=O)cc2)N(c2ccccc2)C1=O. The van der Waals surface area contributed by atoms with Crippen LogP contribution in [-0.4, -0.2) is 19.5 Å². The number of carbonyl (C=O) groups is 1. The third-order valence-electron chi connectivity index (χ3n) is 4.69. The van der Waals surface area contributed by atoms with Gasteiger partial charge < -0.3 is 0 Å². The standard InChI is InChI=1S/C23H19N3O3S2/c1-16-7-5-6-8-17(16)15-21-22(27)26(19-9-3-2-4-10-19)23(30-21)25-18-11-13-20(14-12-18)31(24,28)29/h2-15H,1H3,(H2,24,28,29)/b21-15-,25-23?. The monoisotopic (exact) mass is 449 g/mol. The average Bonchev–Trinajstić information content (AvgIpc) is 3.05. The van der Waals surface area contributed by atoms with Crippen LogP contribution in [0.3, 0.4) is 0 Å². The Morgan fingerprint density at radius 2 is 1.58 bits per heavy atom. The number of anilines is 1. The molecule has 31 heavy (non-hydrogen) atoms. The molecule has 6 nitrogen and oxygen atoms in total. The molecule has 1 aliphatic heterocycles. The lowest BCUT2D eigenvalue weighted by Gasteiger charge is -2.15. The van der Waals surface area contributed by atoms with E-state index in [9.17, 15) is 13.2 Å². The van der Waals surface area contributed by atoms with E-state index in [2.05, 4.69) is 4.99 Å². The normalized spacial score (nSPS) is 17.0. The summed E-state index contributed by atoms with van der Waals surface area (Å²) in [5.74, 6) is -0.167. The Balaban J connectivity index is 1.76. The van der Waals surface area contributed by atoms with Gasteiger partial charge in [-0.3, -0.25) is 9.69 Å². The van der Waals surface area contributed by atoms with E-state index in [4.69, 9.17) is 5.14 Å². The number of sulfonamides is 1. The maximum Gasteiger partial charge on any atom is 0.271 e.